The molecule has 0 radical (unpaired) electrons. The number of fused-ring (bicyclic) bond motifs is 1. The zero-order valence-corrected chi connectivity index (χ0v) is 11.2. The van der Waals surface area contributed by atoms with Crippen molar-refractivity contribution in [1.29, 1.82) is 0 Å². The number of nitrogens with one attached hydrogen (secondary N) is 1. The molecular weight excluding hydrogens is 222 g/mol. The summed E-state index contributed by atoms with van der Waals surface area (Å²) in [5.74, 6) is 1.87. The van der Waals surface area contributed by atoms with Gasteiger partial charge in [-0.25, -0.2) is 4.98 Å². The molecule has 2 aromatic rings. The molecule has 1 aromatic carbocycles. The van der Waals surface area contributed by atoms with Crippen LogP contribution >= 0.6 is 0 Å². The van der Waals surface area contributed by atoms with Crippen molar-refractivity contribution in [1.82, 2.24) is 14.9 Å². The topological polar surface area (TPSA) is 29.9 Å². The summed E-state index contributed by atoms with van der Waals surface area (Å²) in [6, 6.07) is 8.91. The Balaban J connectivity index is 2.10. The Morgan fingerprint density at radius 3 is 2.94 bits per heavy atom. The Morgan fingerprint density at radius 2 is 2.22 bits per heavy atom. The maximum Gasteiger partial charge on any atom is 0.127 e. The van der Waals surface area contributed by atoms with E-state index in [9.17, 15) is 0 Å². The summed E-state index contributed by atoms with van der Waals surface area (Å²) in [7, 11) is 0. The third kappa shape index (κ3) is 2.03. The van der Waals surface area contributed by atoms with E-state index in [4.69, 9.17) is 4.98 Å². The average Bonchev–Trinajstić information content (AvgIpc) is 2.96. The fourth-order valence-electron chi connectivity index (χ4n) is 2.82. The summed E-state index contributed by atoms with van der Waals surface area (Å²) < 4.78 is 2.41. The van der Waals surface area contributed by atoms with Crippen molar-refractivity contribution < 1.29 is 0 Å². The van der Waals surface area contributed by atoms with Gasteiger partial charge in [-0.1, -0.05) is 26.0 Å². The number of para-hydroxylation sites is 2. The van der Waals surface area contributed by atoms with Crippen molar-refractivity contribution in [3.8, 4) is 0 Å². The van der Waals surface area contributed by atoms with Gasteiger partial charge in [0.05, 0.1) is 17.1 Å². The smallest absolute Gasteiger partial charge is 0.127 e. The number of rotatable bonds is 3. The summed E-state index contributed by atoms with van der Waals surface area (Å²) in [6.45, 7) is 6.70. The molecule has 0 aliphatic carbocycles. The standard InChI is InChI=1S/C15H21N3/c1-11(2)10-18-14-8-4-3-6-12(14)17-15(18)13-7-5-9-16-13/h3-4,6,8,11,13,16H,5,7,9-10H2,1-2H3. The van der Waals surface area contributed by atoms with Crippen molar-refractivity contribution in [2.45, 2.75) is 39.3 Å². The zero-order valence-electron chi connectivity index (χ0n) is 11.2. The predicted octanol–water partition coefficient (Wildman–Crippen LogP) is 3.12. The summed E-state index contributed by atoms with van der Waals surface area (Å²) in [5.41, 5.74) is 2.40. The molecule has 3 rings (SSSR count). The third-order valence-electron chi connectivity index (χ3n) is 3.60. The highest BCUT2D eigenvalue weighted by Crippen LogP contribution is 2.27. The van der Waals surface area contributed by atoms with E-state index in [1.165, 1.54) is 24.2 Å². The van der Waals surface area contributed by atoms with Gasteiger partial charge in [-0.15, -0.1) is 0 Å². The van der Waals surface area contributed by atoms with Crippen molar-refractivity contribution in [2.24, 2.45) is 5.92 Å². The van der Waals surface area contributed by atoms with E-state index < -0.39 is 0 Å². The van der Waals surface area contributed by atoms with E-state index in [2.05, 4.69) is 48.0 Å². The van der Waals surface area contributed by atoms with E-state index in [-0.39, 0.29) is 0 Å². The van der Waals surface area contributed by atoms with Crippen LogP contribution in [0.1, 0.15) is 38.6 Å². The van der Waals surface area contributed by atoms with Crippen LogP contribution < -0.4 is 5.32 Å². The van der Waals surface area contributed by atoms with Crippen LogP contribution in [0.15, 0.2) is 24.3 Å². The Labute approximate surface area is 108 Å². The monoisotopic (exact) mass is 243 g/mol. The van der Waals surface area contributed by atoms with Gasteiger partial charge in [0.2, 0.25) is 0 Å². The summed E-state index contributed by atoms with van der Waals surface area (Å²) in [6.07, 6.45) is 2.47. The Kier molecular flexibility index (Phi) is 3.08. The van der Waals surface area contributed by atoms with Crippen molar-refractivity contribution in [3.63, 3.8) is 0 Å². The Bertz CT molecular complexity index is 536. The first kappa shape index (κ1) is 11.7. The quantitative estimate of drug-likeness (QED) is 0.897. The molecule has 18 heavy (non-hydrogen) atoms. The van der Waals surface area contributed by atoms with E-state index in [1.54, 1.807) is 0 Å². The number of hydrogen-bond acceptors (Lipinski definition) is 2. The molecule has 1 fully saturated rings. The first-order chi connectivity index (χ1) is 8.75. The molecule has 0 amide bonds. The highest BCUT2D eigenvalue weighted by atomic mass is 15.1. The van der Waals surface area contributed by atoms with E-state index >= 15 is 0 Å². The Morgan fingerprint density at radius 1 is 1.39 bits per heavy atom. The van der Waals surface area contributed by atoms with Gasteiger partial charge in [-0.05, 0) is 37.4 Å². The summed E-state index contributed by atoms with van der Waals surface area (Å²) in [4.78, 5) is 4.85. The molecule has 1 aliphatic rings. The highest BCUT2D eigenvalue weighted by Gasteiger charge is 2.23. The van der Waals surface area contributed by atoms with Gasteiger partial charge in [0.15, 0.2) is 0 Å². The second-order valence-corrected chi connectivity index (χ2v) is 5.61. The number of nitrogens with zero attached hydrogens (tertiary/aromatic N) is 2. The van der Waals surface area contributed by atoms with Crippen LogP contribution in [0.2, 0.25) is 0 Å². The van der Waals surface area contributed by atoms with Crippen molar-refractivity contribution in [2.75, 3.05) is 6.54 Å². The zero-order chi connectivity index (χ0) is 12.5. The van der Waals surface area contributed by atoms with Gasteiger partial charge in [0, 0.05) is 6.54 Å². The molecule has 1 aromatic heterocycles. The summed E-state index contributed by atoms with van der Waals surface area (Å²) >= 11 is 0. The van der Waals surface area contributed by atoms with Gasteiger partial charge in [0.25, 0.3) is 0 Å². The number of imidazole rings is 1. The van der Waals surface area contributed by atoms with Crippen LogP contribution in [0.25, 0.3) is 11.0 Å². The van der Waals surface area contributed by atoms with Gasteiger partial charge in [0.1, 0.15) is 5.82 Å². The average molecular weight is 243 g/mol. The number of aromatic nitrogens is 2. The lowest BCUT2D eigenvalue weighted by Gasteiger charge is -2.15. The molecule has 1 unspecified atom stereocenters. The minimum Gasteiger partial charge on any atom is -0.326 e. The van der Waals surface area contributed by atoms with Gasteiger partial charge < -0.3 is 9.88 Å². The second kappa shape index (κ2) is 4.73. The largest absolute Gasteiger partial charge is 0.326 e. The number of benzene rings is 1. The van der Waals surface area contributed by atoms with Crippen molar-refractivity contribution >= 4 is 11.0 Å². The lowest BCUT2D eigenvalue weighted by molar-refractivity contribution is 0.485. The fraction of sp³-hybridized carbons (Fsp3) is 0.533. The SMILES string of the molecule is CC(C)Cn1c(C2CCCN2)nc2ccccc21. The molecule has 2 heterocycles. The first-order valence-corrected chi connectivity index (χ1v) is 6.94. The lowest BCUT2D eigenvalue weighted by Crippen LogP contribution is -2.19. The van der Waals surface area contributed by atoms with Crippen LogP contribution in [0.3, 0.4) is 0 Å². The summed E-state index contributed by atoms with van der Waals surface area (Å²) in [5, 5.41) is 3.56. The van der Waals surface area contributed by atoms with Crippen LogP contribution in [-0.4, -0.2) is 16.1 Å². The second-order valence-electron chi connectivity index (χ2n) is 5.61. The number of hydrogen-bond donors (Lipinski definition) is 1. The van der Waals surface area contributed by atoms with E-state index in [0.29, 0.717) is 12.0 Å². The molecule has 1 saturated heterocycles. The molecule has 96 valence electrons. The minimum absolute atomic E-state index is 0.441. The molecule has 3 nitrogen and oxygen atoms in total. The first-order valence-electron chi connectivity index (χ1n) is 6.94. The molecule has 0 bridgehead atoms. The molecule has 1 atom stereocenters. The molecule has 0 saturated carbocycles. The van der Waals surface area contributed by atoms with Gasteiger partial charge >= 0.3 is 0 Å². The van der Waals surface area contributed by atoms with Crippen LogP contribution in [0.4, 0.5) is 0 Å². The molecule has 1 aliphatic heterocycles. The van der Waals surface area contributed by atoms with E-state index in [1.807, 2.05) is 0 Å². The van der Waals surface area contributed by atoms with E-state index in [0.717, 1.165) is 18.6 Å². The molecule has 3 heteroatoms. The molecule has 1 N–H and O–H groups in total. The van der Waals surface area contributed by atoms with Gasteiger partial charge in [-0.2, -0.15) is 0 Å². The third-order valence-corrected chi connectivity index (χ3v) is 3.60. The normalized spacial score (nSPS) is 20.1. The molecule has 0 spiro atoms. The van der Waals surface area contributed by atoms with Crippen LogP contribution in [0.5, 0.6) is 0 Å². The predicted molar refractivity (Wildman–Crippen MR) is 74.5 cm³/mol. The van der Waals surface area contributed by atoms with Crippen LogP contribution in [-0.2, 0) is 6.54 Å². The fourth-order valence-corrected chi connectivity index (χ4v) is 2.82. The maximum atomic E-state index is 4.85. The van der Waals surface area contributed by atoms with Gasteiger partial charge in [-0.3, -0.25) is 0 Å². The van der Waals surface area contributed by atoms with Crippen LogP contribution in [0, 0.1) is 5.92 Å². The lowest BCUT2D eigenvalue weighted by atomic mass is 10.2. The Hall–Kier alpha value is -1.35. The molecular formula is C15H21N3. The highest BCUT2D eigenvalue weighted by molar-refractivity contribution is 5.76. The minimum atomic E-state index is 0.441. The van der Waals surface area contributed by atoms with Crippen molar-refractivity contribution in [3.05, 3.63) is 30.1 Å². The maximum absolute atomic E-state index is 4.85.